The van der Waals surface area contributed by atoms with Gasteiger partial charge in [-0.15, -0.1) is 0 Å². The Morgan fingerprint density at radius 1 is 1.09 bits per heavy atom. The Morgan fingerprint density at radius 2 is 1.68 bits per heavy atom. The normalized spacial score (nSPS) is 11.7. The van der Waals surface area contributed by atoms with Crippen molar-refractivity contribution in [1.82, 2.24) is 0 Å². The number of hydrogen-bond donors (Lipinski definition) is 3. The van der Waals surface area contributed by atoms with Crippen LogP contribution in [0.2, 0.25) is 0 Å². The Balaban J connectivity index is 2.00. The highest BCUT2D eigenvalue weighted by Gasteiger charge is 2.12. The first-order chi connectivity index (χ1) is 10.5. The fourth-order valence-corrected chi connectivity index (χ4v) is 2.13. The second-order valence-electron chi connectivity index (χ2n) is 4.81. The third kappa shape index (κ3) is 4.41. The van der Waals surface area contributed by atoms with Crippen LogP contribution in [0.4, 0.5) is 5.69 Å². The number of nitrogens with two attached hydrogens (primary N) is 1. The first-order valence-electron chi connectivity index (χ1n) is 6.60. The number of halogens is 1. The summed E-state index contributed by atoms with van der Waals surface area (Å²) in [6.45, 7) is 0. The van der Waals surface area contributed by atoms with Crippen molar-refractivity contribution in [3.8, 4) is 0 Å². The monoisotopic (exact) mass is 362 g/mol. The predicted octanol–water partition coefficient (Wildman–Crippen LogP) is 2.66. The van der Waals surface area contributed by atoms with Gasteiger partial charge in [0.15, 0.2) is 0 Å². The third-order valence-electron chi connectivity index (χ3n) is 3.09. The Kier molecular flexibility index (Phi) is 5.30. The summed E-state index contributed by atoms with van der Waals surface area (Å²) in [6, 6.07) is 13.1. The highest BCUT2D eigenvalue weighted by Crippen LogP contribution is 2.14. The van der Waals surface area contributed by atoms with Gasteiger partial charge in [-0.1, -0.05) is 28.1 Å². The minimum absolute atomic E-state index is 0.206. The Hall–Kier alpha value is -2.18. The van der Waals surface area contributed by atoms with Gasteiger partial charge < -0.3 is 16.2 Å². The molecule has 4 N–H and O–H groups in total. The second-order valence-corrected chi connectivity index (χ2v) is 5.72. The Labute approximate surface area is 136 Å². The summed E-state index contributed by atoms with van der Waals surface area (Å²) in [5.41, 5.74) is 7.48. The summed E-state index contributed by atoms with van der Waals surface area (Å²) in [5.74, 6) is -1.24. The zero-order valence-corrected chi connectivity index (χ0v) is 13.2. The number of anilines is 1. The van der Waals surface area contributed by atoms with Crippen molar-refractivity contribution in [2.24, 2.45) is 5.73 Å². The van der Waals surface area contributed by atoms with Crippen molar-refractivity contribution in [3.63, 3.8) is 0 Å². The van der Waals surface area contributed by atoms with Gasteiger partial charge in [-0.2, -0.15) is 0 Å². The summed E-state index contributed by atoms with van der Waals surface area (Å²) >= 11 is 3.32. The highest BCUT2D eigenvalue weighted by molar-refractivity contribution is 9.10. The average molecular weight is 363 g/mol. The van der Waals surface area contributed by atoms with E-state index in [9.17, 15) is 9.59 Å². The van der Waals surface area contributed by atoms with Crippen LogP contribution >= 0.6 is 15.9 Å². The van der Waals surface area contributed by atoms with E-state index in [1.54, 1.807) is 48.5 Å². The third-order valence-corrected chi connectivity index (χ3v) is 3.62. The second kappa shape index (κ2) is 7.20. The average Bonchev–Trinajstić information content (AvgIpc) is 2.49. The lowest BCUT2D eigenvalue weighted by molar-refractivity contribution is -0.138. The van der Waals surface area contributed by atoms with Crippen molar-refractivity contribution < 1.29 is 14.7 Å². The minimum Gasteiger partial charge on any atom is -0.480 e. The van der Waals surface area contributed by atoms with Crippen molar-refractivity contribution in [2.75, 3.05) is 5.32 Å². The largest absolute Gasteiger partial charge is 0.480 e. The molecule has 2 rings (SSSR count). The van der Waals surface area contributed by atoms with Gasteiger partial charge in [0.25, 0.3) is 5.91 Å². The Morgan fingerprint density at radius 3 is 2.23 bits per heavy atom. The van der Waals surface area contributed by atoms with Crippen LogP contribution in [0.3, 0.4) is 0 Å². The molecule has 114 valence electrons. The first kappa shape index (κ1) is 16.2. The van der Waals surface area contributed by atoms with E-state index in [2.05, 4.69) is 21.2 Å². The number of rotatable bonds is 5. The molecule has 0 fully saturated rings. The van der Waals surface area contributed by atoms with Crippen LogP contribution in [-0.4, -0.2) is 23.0 Å². The standard InChI is InChI=1S/C16H15BrN2O3/c17-12-5-3-11(4-6-12)15(20)19-13-7-1-10(2-8-13)9-14(18)16(21)22/h1-8,14H,9,18H2,(H,19,20)(H,21,22)/t14-/m0/s1. The minimum atomic E-state index is -1.03. The van der Waals surface area contributed by atoms with E-state index in [4.69, 9.17) is 10.8 Å². The van der Waals surface area contributed by atoms with Gasteiger partial charge in [-0.3, -0.25) is 9.59 Å². The molecule has 2 aromatic carbocycles. The van der Waals surface area contributed by atoms with E-state index in [-0.39, 0.29) is 12.3 Å². The molecule has 0 radical (unpaired) electrons. The number of carbonyl (C=O) groups excluding carboxylic acids is 1. The molecule has 0 saturated carbocycles. The topological polar surface area (TPSA) is 92.4 Å². The van der Waals surface area contributed by atoms with Crippen LogP contribution in [0.25, 0.3) is 0 Å². The van der Waals surface area contributed by atoms with Gasteiger partial charge in [0.1, 0.15) is 6.04 Å². The summed E-state index contributed by atoms with van der Waals surface area (Å²) in [7, 11) is 0. The molecule has 0 spiro atoms. The molecule has 0 saturated heterocycles. The number of nitrogens with one attached hydrogen (secondary N) is 1. The van der Waals surface area contributed by atoms with Gasteiger partial charge in [0, 0.05) is 15.7 Å². The van der Waals surface area contributed by atoms with E-state index in [0.29, 0.717) is 11.3 Å². The van der Waals surface area contributed by atoms with Gasteiger partial charge in [-0.25, -0.2) is 0 Å². The van der Waals surface area contributed by atoms with Crippen LogP contribution in [0.1, 0.15) is 15.9 Å². The summed E-state index contributed by atoms with van der Waals surface area (Å²) in [4.78, 5) is 22.8. The first-order valence-corrected chi connectivity index (χ1v) is 7.39. The van der Waals surface area contributed by atoms with Crippen LogP contribution in [0, 0.1) is 0 Å². The van der Waals surface area contributed by atoms with Crippen molar-refractivity contribution in [2.45, 2.75) is 12.5 Å². The summed E-state index contributed by atoms with van der Waals surface area (Å²) < 4.78 is 0.906. The quantitative estimate of drug-likeness (QED) is 0.762. The van der Waals surface area contributed by atoms with Crippen molar-refractivity contribution >= 4 is 33.5 Å². The van der Waals surface area contributed by atoms with E-state index in [1.165, 1.54) is 0 Å². The molecule has 0 aliphatic heterocycles. The molecule has 0 aliphatic carbocycles. The molecular formula is C16H15BrN2O3. The number of carbonyl (C=O) groups is 2. The predicted molar refractivity (Wildman–Crippen MR) is 87.9 cm³/mol. The van der Waals surface area contributed by atoms with Crippen LogP contribution in [0.15, 0.2) is 53.0 Å². The number of aliphatic carboxylic acids is 1. The van der Waals surface area contributed by atoms with E-state index in [0.717, 1.165) is 10.0 Å². The van der Waals surface area contributed by atoms with Gasteiger partial charge >= 0.3 is 5.97 Å². The Bertz CT molecular complexity index is 669. The SMILES string of the molecule is N[C@@H](Cc1ccc(NC(=O)c2ccc(Br)cc2)cc1)C(=O)O. The number of benzene rings is 2. The molecule has 6 heteroatoms. The van der Waals surface area contributed by atoms with Crippen LogP contribution < -0.4 is 11.1 Å². The summed E-state index contributed by atoms with van der Waals surface area (Å²) in [5, 5.41) is 11.6. The molecule has 22 heavy (non-hydrogen) atoms. The molecule has 0 heterocycles. The summed E-state index contributed by atoms with van der Waals surface area (Å²) in [6.07, 6.45) is 0.246. The lowest BCUT2D eigenvalue weighted by atomic mass is 10.1. The number of hydrogen-bond acceptors (Lipinski definition) is 3. The molecular weight excluding hydrogens is 348 g/mol. The molecule has 2 aromatic rings. The molecule has 0 unspecified atom stereocenters. The fourth-order valence-electron chi connectivity index (χ4n) is 1.87. The maximum absolute atomic E-state index is 12.1. The van der Waals surface area contributed by atoms with Crippen molar-refractivity contribution in [3.05, 3.63) is 64.1 Å². The number of carboxylic acids is 1. The molecule has 0 bridgehead atoms. The highest BCUT2D eigenvalue weighted by atomic mass is 79.9. The molecule has 1 amide bonds. The maximum atomic E-state index is 12.1. The number of amides is 1. The van der Waals surface area contributed by atoms with Crippen LogP contribution in [-0.2, 0) is 11.2 Å². The van der Waals surface area contributed by atoms with Gasteiger partial charge in [-0.05, 0) is 48.4 Å². The van der Waals surface area contributed by atoms with Gasteiger partial charge in [0.05, 0.1) is 0 Å². The fraction of sp³-hybridized carbons (Fsp3) is 0.125. The van der Waals surface area contributed by atoms with Crippen LogP contribution in [0.5, 0.6) is 0 Å². The smallest absolute Gasteiger partial charge is 0.320 e. The maximum Gasteiger partial charge on any atom is 0.320 e. The molecule has 5 nitrogen and oxygen atoms in total. The van der Waals surface area contributed by atoms with E-state index in [1.807, 2.05) is 0 Å². The molecule has 0 aliphatic rings. The number of carboxylic acid groups (broad SMARTS) is 1. The molecule has 1 atom stereocenters. The molecule has 0 aromatic heterocycles. The lowest BCUT2D eigenvalue weighted by Crippen LogP contribution is -2.32. The van der Waals surface area contributed by atoms with Crippen molar-refractivity contribution in [1.29, 1.82) is 0 Å². The zero-order chi connectivity index (χ0) is 16.1. The van der Waals surface area contributed by atoms with E-state index < -0.39 is 12.0 Å². The zero-order valence-electron chi connectivity index (χ0n) is 11.6. The van der Waals surface area contributed by atoms with E-state index >= 15 is 0 Å². The lowest BCUT2D eigenvalue weighted by Gasteiger charge is -2.09. The van der Waals surface area contributed by atoms with Gasteiger partial charge in [0.2, 0.25) is 0 Å².